The number of halogens is 1. The lowest BCUT2D eigenvalue weighted by Crippen LogP contribution is -2.13. The van der Waals surface area contributed by atoms with Gasteiger partial charge < -0.3 is 4.42 Å². The summed E-state index contributed by atoms with van der Waals surface area (Å²) in [5, 5.41) is 0. The molecule has 1 aromatic heterocycles. The molecule has 3 nitrogen and oxygen atoms in total. The molecule has 1 aromatic carbocycles. The molecule has 0 aliphatic heterocycles. The van der Waals surface area contributed by atoms with Gasteiger partial charge >= 0.3 is 5.76 Å². The number of aryl methyl sites for hydroxylation is 1. The van der Waals surface area contributed by atoms with Crippen LogP contribution in [0.1, 0.15) is 13.3 Å². The lowest BCUT2D eigenvalue weighted by Gasteiger charge is -1.97. The first-order chi connectivity index (χ1) is 6.72. The zero-order chi connectivity index (χ0) is 10.1. The predicted molar refractivity (Wildman–Crippen MR) is 63.5 cm³/mol. The maximum Gasteiger partial charge on any atom is 0.419 e. The van der Waals surface area contributed by atoms with Gasteiger partial charge in [0.25, 0.3) is 0 Å². The molecule has 0 unspecified atom stereocenters. The number of benzene rings is 1. The van der Waals surface area contributed by atoms with Crippen LogP contribution in [0.4, 0.5) is 0 Å². The number of nitrogens with zero attached hydrogens (tertiary/aromatic N) is 1. The fraction of sp³-hybridized carbons (Fsp3) is 0.300. The highest BCUT2D eigenvalue weighted by Gasteiger charge is 2.07. The molecule has 0 aliphatic rings. The Morgan fingerprint density at radius 1 is 1.50 bits per heavy atom. The minimum atomic E-state index is -0.260. The molecule has 1 heterocycles. The summed E-state index contributed by atoms with van der Waals surface area (Å²) in [5.74, 6) is -0.260. The minimum absolute atomic E-state index is 0.260. The smallest absolute Gasteiger partial charge is 0.408 e. The van der Waals surface area contributed by atoms with Gasteiger partial charge in [-0.3, -0.25) is 4.57 Å². The van der Waals surface area contributed by atoms with Crippen LogP contribution in [0.25, 0.3) is 11.1 Å². The third kappa shape index (κ3) is 1.58. The molecule has 14 heavy (non-hydrogen) atoms. The molecular formula is C10H10INO2. The van der Waals surface area contributed by atoms with Crippen LogP contribution in [-0.2, 0) is 6.54 Å². The van der Waals surface area contributed by atoms with Gasteiger partial charge in [-0.05, 0) is 47.2 Å². The van der Waals surface area contributed by atoms with Gasteiger partial charge in [-0.1, -0.05) is 6.92 Å². The third-order valence-corrected chi connectivity index (χ3v) is 2.75. The van der Waals surface area contributed by atoms with Crippen LogP contribution in [0, 0.1) is 3.57 Å². The van der Waals surface area contributed by atoms with Crippen molar-refractivity contribution in [1.82, 2.24) is 4.57 Å². The molecule has 0 saturated carbocycles. The maximum atomic E-state index is 11.4. The Morgan fingerprint density at radius 3 is 3.00 bits per heavy atom. The van der Waals surface area contributed by atoms with Crippen molar-refractivity contribution in [3.05, 3.63) is 32.3 Å². The van der Waals surface area contributed by atoms with Crippen molar-refractivity contribution in [2.45, 2.75) is 19.9 Å². The van der Waals surface area contributed by atoms with Crippen molar-refractivity contribution >= 4 is 33.7 Å². The van der Waals surface area contributed by atoms with Gasteiger partial charge in [0.2, 0.25) is 0 Å². The van der Waals surface area contributed by atoms with Crippen molar-refractivity contribution in [2.75, 3.05) is 0 Å². The molecule has 0 atom stereocenters. The van der Waals surface area contributed by atoms with E-state index >= 15 is 0 Å². The first kappa shape index (κ1) is 9.76. The number of aromatic nitrogens is 1. The monoisotopic (exact) mass is 303 g/mol. The first-order valence-electron chi connectivity index (χ1n) is 4.51. The summed E-state index contributed by atoms with van der Waals surface area (Å²) in [6, 6.07) is 5.78. The lowest BCUT2D eigenvalue weighted by molar-refractivity contribution is 0.502. The van der Waals surface area contributed by atoms with Crippen molar-refractivity contribution in [3.8, 4) is 0 Å². The summed E-state index contributed by atoms with van der Waals surface area (Å²) in [6.07, 6.45) is 0.931. The van der Waals surface area contributed by atoms with E-state index in [9.17, 15) is 4.79 Å². The van der Waals surface area contributed by atoms with Gasteiger partial charge in [0, 0.05) is 10.1 Å². The number of hydrogen-bond donors (Lipinski definition) is 0. The van der Waals surface area contributed by atoms with Crippen LogP contribution < -0.4 is 5.76 Å². The molecule has 0 amide bonds. The molecule has 0 radical (unpaired) electrons. The van der Waals surface area contributed by atoms with E-state index in [1.54, 1.807) is 4.57 Å². The number of rotatable bonds is 2. The van der Waals surface area contributed by atoms with Crippen molar-refractivity contribution in [2.24, 2.45) is 0 Å². The van der Waals surface area contributed by atoms with Gasteiger partial charge in [0.15, 0.2) is 5.58 Å². The number of oxazole rings is 1. The molecule has 0 N–H and O–H groups in total. The van der Waals surface area contributed by atoms with E-state index in [1.165, 1.54) is 0 Å². The van der Waals surface area contributed by atoms with E-state index in [1.807, 2.05) is 25.1 Å². The number of fused-ring (bicyclic) bond motifs is 1. The zero-order valence-corrected chi connectivity index (χ0v) is 9.95. The molecule has 0 spiro atoms. The Balaban J connectivity index is 2.71. The highest BCUT2D eigenvalue weighted by molar-refractivity contribution is 14.1. The normalized spacial score (nSPS) is 11.0. The second-order valence-electron chi connectivity index (χ2n) is 3.13. The van der Waals surface area contributed by atoms with E-state index in [4.69, 9.17) is 4.42 Å². The standard InChI is InChI=1S/C10H10INO2/c1-2-5-12-8-4-3-7(11)6-9(8)14-10(12)13/h3-4,6H,2,5H2,1H3. The van der Waals surface area contributed by atoms with Gasteiger partial charge in [-0.2, -0.15) is 0 Å². The molecule has 74 valence electrons. The van der Waals surface area contributed by atoms with Gasteiger partial charge in [-0.25, -0.2) is 4.79 Å². The fourth-order valence-electron chi connectivity index (χ4n) is 1.48. The summed E-state index contributed by atoms with van der Waals surface area (Å²) in [6.45, 7) is 2.75. The van der Waals surface area contributed by atoms with Crippen LogP contribution in [0.2, 0.25) is 0 Å². The first-order valence-corrected chi connectivity index (χ1v) is 5.59. The molecule has 0 aliphatic carbocycles. The van der Waals surface area contributed by atoms with Crippen LogP contribution in [0.15, 0.2) is 27.4 Å². The van der Waals surface area contributed by atoms with Crippen LogP contribution >= 0.6 is 22.6 Å². The summed E-state index contributed by atoms with van der Waals surface area (Å²) < 4.78 is 7.88. The molecule has 0 bridgehead atoms. The van der Waals surface area contributed by atoms with Crippen molar-refractivity contribution in [1.29, 1.82) is 0 Å². The Kier molecular flexibility index (Phi) is 2.62. The van der Waals surface area contributed by atoms with Gasteiger partial charge in [0.05, 0.1) is 5.52 Å². The lowest BCUT2D eigenvalue weighted by atomic mass is 10.3. The highest BCUT2D eigenvalue weighted by Crippen LogP contribution is 2.16. The van der Waals surface area contributed by atoms with Gasteiger partial charge in [-0.15, -0.1) is 0 Å². The topological polar surface area (TPSA) is 35.1 Å². The quantitative estimate of drug-likeness (QED) is 0.799. The van der Waals surface area contributed by atoms with E-state index in [2.05, 4.69) is 22.6 Å². The Morgan fingerprint density at radius 2 is 2.29 bits per heavy atom. The van der Waals surface area contributed by atoms with Crippen LogP contribution in [0.3, 0.4) is 0 Å². The van der Waals surface area contributed by atoms with E-state index in [-0.39, 0.29) is 5.76 Å². The van der Waals surface area contributed by atoms with Gasteiger partial charge in [0.1, 0.15) is 0 Å². The molecule has 2 rings (SSSR count). The van der Waals surface area contributed by atoms with E-state index in [0.29, 0.717) is 12.1 Å². The fourth-order valence-corrected chi connectivity index (χ4v) is 1.94. The Labute approximate surface area is 94.9 Å². The Bertz CT molecular complexity index is 512. The van der Waals surface area contributed by atoms with Crippen molar-refractivity contribution < 1.29 is 4.42 Å². The molecule has 0 saturated heterocycles. The summed E-state index contributed by atoms with van der Waals surface area (Å²) >= 11 is 2.20. The van der Waals surface area contributed by atoms with E-state index in [0.717, 1.165) is 15.5 Å². The summed E-state index contributed by atoms with van der Waals surface area (Å²) in [5.41, 5.74) is 1.56. The maximum absolute atomic E-state index is 11.4. The molecular weight excluding hydrogens is 293 g/mol. The Hall–Kier alpha value is -0.780. The third-order valence-electron chi connectivity index (χ3n) is 2.08. The van der Waals surface area contributed by atoms with E-state index < -0.39 is 0 Å². The molecule has 4 heteroatoms. The second-order valence-corrected chi connectivity index (χ2v) is 4.38. The summed E-state index contributed by atoms with van der Waals surface area (Å²) in [4.78, 5) is 11.4. The predicted octanol–water partition coefficient (Wildman–Crippen LogP) is 2.61. The second kappa shape index (κ2) is 3.76. The largest absolute Gasteiger partial charge is 0.419 e. The van der Waals surface area contributed by atoms with Crippen LogP contribution in [-0.4, -0.2) is 4.57 Å². The van der Waals surface area contributed by atoms with Crippen LogP contribution in [0.5, 0.6) is 0 Å². The summed E-state index contributed by atoms with van der Waals surface area (Å²) in [7, 11) is 0. The SMILES string of the molecule is CCCn1c(=O)oc2cc(I)ccc21. The number of hydrogen-bond acceptors (Lipinski definition) is 2. The average Bonchev–Trinajstić information content (AvgIpc) is 2.43. The molecule has 2 aromatic rings. The minimum Gasteiger partial charge on any atom is -0.408 e. The average molecular weight is 303 g/mol. The zero-order valence-electron chi connectivity index (χ0n) is 7.79. The highest BCUT2D eigenvalue weighted by atomic mass is 127. The molecule has 0 fully saturated rings. The van der Waals surface area contributed by atoms with Crippen molar-refractivity contribution in [3.63, 3.8) is 0 Å².